The van der Waals surface area contributed by atoms with Crippen LogP contribution in [0.1, 0.15) is 21.7 Å². The fourth-order valence-corrected chi connectivity index (χ4v) is 1.48. The molecule has 0 amide bonds. The molecule has 0 bridgehead atoms. The predicted molar refractivity (Wildman–Crippen MR) is 58.1 cm³/mol. The number of H-pyrrole nitrogens is 1. The second kappa shape index (κ2) is 4.64. The van der Waals surface area contributed by atoms with Crippen molar-refractivity contribution in [2.45, 2.75) is 12.6 Å². The summed E-state index contributed by atoms with van der Waals surface area (Å²) in [5.41, 5.74) is -0.482. The molecule has 0 unspecified atom stereocenters. The zero-order valence-corrected chi connectivity index (χ0v) is 9.16. The molecule has 3 nitrogen and oxygen atoms in total. The maximum atomic E-state index is 12.3. The van der Waals surface area contributed by atoms with Gasteiger partial charge in [-0.1, -0.05) is 30.3 Å². The molecule has 6 heteroatoms. The summed E-state index contributed by atoms with van der Waals surface area (Å²) in [6.45, 7) is 0. The number of carbonyl (C=O) groups is 1. The standard InChI is InChI=1S/C12H9F3N2O/c13-12(14,15)11-7-9(16-17-11)10(18)6-8-4-2-1-3-5-8/h1-5,7H,6H2,(H,16,17). The van der Waals surface area contributed by atoms with Crippen LogP contribution in [0.15, 0.2) is 36.4 Å². The van der Waals surface area contributed by atoms with Crippen molar-refractivity contribution in [1.29, 1.82) is 0 Å². The molecule has 0 saturated carbocycles. The Labute approximate surface area is 101 Å². The van der Waals surface area contributed by atoms with Gasteiger partial charge in [0.15, 0.2) is 5.78 Å². The minimum Gasteiger partial charge on any atom is -0.292 e. The molecule has 1 N–H and O–H groups in total. The molecule has 94 valence electrons. The van der Waals surface area contributed by atoms with Crippen molar-refractivity contribution in [3.05, 3.63) is 53.3 Å². The Morgan fingerprint density at radius 1 is 1.22 bits per heavy atom. The van der Waals surface area contributed by atoms with Gasteiger partial charge in [-0.15, -0.1) is 0 Å². The Hall–Kier alpha value is -2.11. The normalized spacial score (nSPS) is 11.5. The molecule has 0 fully saturated rings. The molecule has 1 aromatic heterocycles. The first kappa shape index (κ1) is 12.3. The van der Waals surface area contributed by atoms with Gasteiger partial charge in [0.05, 0.1) is 0 Å². The Morgan fingerprint density at radius 3 is 2.44 bits per heavy atom. The number of nitrogens with zero attached hydrogens (tertiary/aromatic N) is 1. The third kappa shape index (κ3) is 2.77. The lowest BCUT2D eigenvalue weighted by Gasteiger charge is -2.00. The van der Waals surface area contributed by atoms with Crippen LogP contribution in [0.4, 0.5) is 13.2 Å². The monoisotopic (exact) mass is 254 g/mol. The number of rotatable bonds is 3. The number of hydrogen-bond donors (Lipinski definition) is 1. The SMILES string of the molecule is O=C(Cc1ccccc1)c1cc(C(F)(F)F)[nH]n1. The number of nitrogens with one attached hydrogen (secondary N) is 1. The lowest BCUT2D eigenvalue weighted by molar-refractivity contribution is -0.141. The molecule has 0 aliphatic heterocycles. The zero-order chi connectivity index (χ0) is 13.2. The molecule has 0 aliphatic rings. The summed E-state index contributed by atoms with van der Waals surface area (Å²) in [6.07, 6.45) is -4.48. The van der Waals surface area contributed by atoms with Gasteiger partial charge in [-0.05, 0) is 11.6 Å². The number of carbonyl (C=O) groups excluding carboxylic acids is 1. The van der Waals surface area contributed by atoms with Crippen LogP contribution in [-0.2, 0) is 12.6 Å². The molecule has 2 rings (SSSR count). The van der Waals surface area contributed by atoms with Gasteiger partial charge in [-0.3, -0.25) is 9.89 Å². The van der Waals surface area contributed by atoms with E-state index in [4.69, 9.17) is 0 Å². The molecule has 0 aliphatic carbocycles. The van der Waals surface area contributed by atoms with Gasteiger partial charge >= 0.3 is 6.18 Å². The lowest BCUT2D eigenvalue weighted by atomic mass is 10.1. The van der Waals surface area contributed by atoms with Gasteiger partial charge < -0.3 is 0 Å². The molecule has 18 heavy (non-hydrogen) atoms. The molecule has 0 atom stereocenters. The third-order valence-corrected chi connectivity index (χ3v) is 2.38. The first-order chi connectivity index (χ1) is 8.47. The maximum absolute atomic E-state index is 12.3. The van der Waals surface area contributed by atoms with E-state index in [9.17, 15) is 18.0 Å². The van der Waals surface area contributed by atoms with Gasteiger partial charge in [0.1, 0.15) is 11.4 Å². The van der Waals surface area contributed by atoms with E-state index in [1.165, 1.54) is 0 Å². The molecular weight excluding hydrogens is 245 g/mol. The van der Waals surface area contributed by atoms with E-state index in [1.54, 1.807) is 30.3 Å². The minimum absolute atomic E-state index is 0.0307. The zero-order valence-electron chi connectivity index (χ0n) is 9.16. The number of hydrogen-bond acceptors (Lipinski definition) is 2. The quantitative estimate of drug-likeness (QED) is 0.856. The highest BCUT2D eigenvalue weighted by Gasteiger charge is 2.33. The molecular formula is C12H9F3N2O. The summed E-state index contributed by atoms with van der Waals surface area (Å²) in [6, 6.07) is 9.50. The largest absolute Gasteiger partial charge is 0.432 e. The molecule has 0 saturated heterocycles. The van der Waals surface area contributed by atoms with Crippen LogP contribution in [0, 0.1) is 0 Å². The van der Waals surface area contributed by atoms with E-state index in [0.29, 0.717) is 0 Å². The summed E-state index contributed by atoms with van der Waals surface area (Å²) < 4.78 is 36.9. The van der Waals surface area contributed by atoms with E-state index in [-0.39, 0.29) is 12.1 Å². The number of halogens is 3. The van der Waals surface area contributed by atoms with Crippen LogP contribution >= 0.6 is 0 Å². The third-order valence-electron chi connectivity index (χ3n) is 2.38. The smallest absolute Gasteiger partial charge is 0.292 e. The van der Waals surface area contributed by atoms with Crippen LogP contribution in [0.3, 0.4) is 0 Å². The highest BCUT2D eigenvalue weighted by atomic mass is 19.4. The molecule has 1 heterocycles. The van der Waals surface area contributed by atoms with Crippen LogP contribution in [0.5, 0.6) is 0 Å². The number of Topliss-reactive ketones (excluding diaryl/α,β-unsaturated/α-hetero) is 1. The maximum Gasteiger partial charge on any atom is 0.432 e. The first-order valence-electron chi connectivity index (χ1n) is 5.16. The number of aromatic nitrogens is 2. The van der Waals surface area contributed by atoms with Crippen molar-refractivity contribution >= 4 is 5.78 Å². The van der Waals surface area contributed by atoms with Crippen molar-refractivity contribution in [3.63, 3.8) is 0 Å². The van der Waals surface area contributed by atoms with E-state index in [2.05, 4.69) is 5.10 Å². The van der Waals surface area contributed by atoms with Crippen molar-refractivity contribution in [3.8, 4) is 0 Å². The molecule has 0 spiro atoms. The predicted octanol–water partition coefficient (Wildman–Crippen LogP) is 2.85. The first-order valence-corrected chi connectivity index (χ1v) is 5.16. The average Bonchev–Trinajstić information content (AvgIpc) is 2.79. The van der Waals surface area contributed by atoms with Gasteiger partial charge in [-0.25, -0.2) is 0 Å². The van der Waals surface area contributed by atoms with Gasteiger partial charge in [0.2, 0.25) is 0 Å². The van der Waals surface area contributed by atoms with Crippen molar-refractivity contribution in [2.75, 3.05) is 0 Å². The molecule has 0 radical (unpaired) electrons. The van der Waals surface area contributed by atoms with Crippen LogP contribution < -0.4 is 0 Å². The van der Waals surface area contributed by atoms with Crippen LogP contribution in [0.25, 0.3) is 0 Å². The van der Waals surface area contributed by atoms with Crippen LogP contribution in [0.2, 0.25) is 0 Å². The van der Waals surface area contributed by atoms with E-state index in [1.807, 2.05) is 5.10 Å². The summed E-state index contributed by atoms with van der Waals surface area (Å²) >= 11 is 0. The van der Waals surface area contributed by atoms with E-state index in [0.717, 1.165) is 11.6 Å². The summed E-state index contributed by atoms with van der Waals surface area (Å²) in [5, 5.41) is 5.20. The topological polar surface area (TPSA) is 45.8 Å². The Kier molecular flexibility index (Phi) is 3.18. The summed E-state index contributed by atoms with van der Waals surface area (Å²) in [7, 11) is 0. The fraction of sp³-hybridized carbons (Fsp3) is 0.167. The second-order valence-electron chi connectivity index (χ2n) is 3.75. The van der Waals surface area contributed by atoms with Crippen LogP contribution in [-0.4, -0.2) is 16.0 Å². The van der Waals surface area contributed by atoms with Gasteiger partial charge in [-0.2, -0.15) is 18.3 Å². The van der Waals surface area contributed by atoms with Crippen molar-refractivity contribution in [1.82, 2.24) is 10.2 Å². The Balaban J connectivity index is 2.13. The number of alkyl halides is 3. The van der Waals surface area contributed by atoms with Crippen molar-refractivity contribution < 1.29 is 18.0 Å². The number of benzene rings is 1. The van der Waals surface area contributed by atoms with E-state index >= 15 is 0 Å². The lowest BCUT2D eigenvalue weighted by Crippen LogP contribution is -2.05. The molecule has 2 aromatic rings. The van der Waals surface area contributed by atoms with Gasteiger partial charge in [0, 0.05) is 6.42 Å². The number of ketones is 1. The Bertz CT molecular complexity index is 546. The summed E-state index contributed by atoms with van der Waals surface area (Å²) in [5.74, 6) is -0.451. The van der Waals surface area contributed by atoms with Crippen molar-refractivity contribution in [2.24, 2.45) is 0 Å². The highest BCUT2D eigenvalue weighted by Crippen LogP contribution is 2.27. The second-order valence-corrected chi connectivity index (χ2v) is 3.75. The molecule has 1 aromatic carbocycles. The number of aromatic amines is 1. The average molecular weight is 254 g/mol. The summed E-state index contributed by atoms with van der Waals surface area (Å²) in [4.78, 5) is 11.7. The highest BCUT2D eigenvalue weighted by molar-refractivity contribution is 5.95. The van der Waals surface area contributed by atoms with Gasteiger partial charge in [0.25, 0.3) is 0 Å². The van der Waals surface area contributed by atoms with E-state index < -0.39 is 17.7 Å². The Morgan fingerprint density at radius 2 is 1.89 bits per heavy atom. The minimum atomic E-state index is -4.52. The fourth-order valence-electron chi connectivity index (χ4n) is 1.48.